The molecule has 1 saturated heterocycles. The number of nitrogens with one attached hydrogen (secondary N) is 1. The number of benzene rings is 3. The van der Waals surface area contributed by atoms with Gasteiger partial charge in [0.05, 0.1) is 23.3 Å². The molecule has 202 valence electrons. The molecule has 0 unspecified atom stereocenters. The molecule has 1 N–H and O–H groups in total. The maximum absolute atomic E-state index is 14.6. The van der Waals surface area contributed by atoms with E-state index in [0.717, 1.165) is 58.5 Å². The van der Waals surface area contributed by atoms with Gasteiger partial charge in [-0.25, -0.2) is 13.2 Å². The number of alkyl halides is 3. The fourth-order valence-electron chi connectivity index (χ4n) is 4.87. The number of ether oxygens (including phenoxy) is 1. The first kappa shape index (κ1) is 26.2. The molecule has 0 saturated carbocycles. The van der Waals surface area contributed by atoms with Crippen molar-refractivity contribution in [3.8, 4) is 21.9 Å². The standard InChI is InChI=1S/C29H25F4N3OS2/c1-29(32,33)24-13-17(31)3-8-21(24)28-26(22-9-10-25-23(14-34-35-25)27(22)39-28)37-18-4-6-19(7-5-18)38-20-15-36(16-20)12-2-11-30/h3-10,13-14,20H,2,11-12,15-16H2,1H3,(H,34,35). The summed E-state index contributed by atoms with van der Waals surface area (Å²) in [6, 6.07) is 14.9. The monoisotopic (exact) mass is 571 g/mol. The number of thiophene rings is 1. The van der Waals surface area contributed by atoms with Crippen molar-refractivity contribution in [2.45, 2.75) is 29.4 Å². The minimum atomic E-state index is -3.25. The number of rotatable bonds is 9. The van der Waals surface area contributed by atoms with Gasteiger partial charge in [-0.1, -0.05) is 6.07 Å². The third-order valence-corrected chi connectivity index (χ3v) is 9.24. The molecule has 0 bridgehead atoms. The lowest BCUT2D eigenvalue weighted by Crippen LogP contribution is -2.49. The molecule has 2 aromatic heterocycles. The minimum absolute atomic E-state index is 0.228. The number of H-pyrrole nitrogens is 1. The van der Waals surface area contributed by atoms with Crippen LogP contribution in [0.3, 0.4) is 0 Å². The highest BCUT2D eigenvalue weighted by Gasteiger charge is 2.31. The molecule has 6 rings (SSSR count). The van der Waals surface area contributed by atoms with Gasteiger partial charge in [-0.3, -0.25) is 9.49 Å². The van der Waals surface area contributed by atoms with Crippen molar-refractivity contribution in [3.05, 3.63) is 72.2 Å². The summed E-state index contributed by atoms with van der Waals surface area (Å²) >= 11 is 3.10. The third-order valence-electron chi connectivity index (χ3n) is 6.81. The van der Waals surface area contributed by atoms with E-state index in [0.29, 0.717) is 28.0 Å². The molecule has 1 aliphatic heterocycles. The van der Waals surface area contributed by atoms with Crippen LogP contribution in [0.25, 0.3) is 31.4 Å². The van der Waals surface area contributed by atoms with Crippen LogP contribution < -0.4 is 4.74 Å². The van der Waals surface area contributed by atoms with Crippen LogP contribution >= 0.6 is 23.1 Å². The van der Waals surface area contributed by atoms with Gasteiger partial charge in [-0.05, 0) is 55.0 Å². The predicted octanol–water partition coefficient (Wildman–Crippen LogP) is 8.62. The van der Waals surface area contributed by atoms with Crippen molar-refractivity contribution >= 4 is 44.1 Å². The van der Waals surface area contributed by atoms with Gasteiger partial charge >= 0.3 is 0 Å². The van der Waals surface area contributed by atoms with E-state index < -0.39 is 17.3 Å². The summed E-state index contributed by atoms with van der Waals surface area (Å²) in [5.41, 5.74) is 0.656. The lowest BCUT2D eigenvalue weighted by atomic mass is 10.00. The van der Waals surface area contributed by atoms with E-state index in [1.54, 1.807) is 18.0 Å². The SMILES string of the molecule is CC(F)(F)c1cc(F)ccc1-c1sc2c(ccc3[nH]ncc32)c1Oc1ccc(SC2CN(CCCF)C2)cc1. The van der Waals surface area contributed by atoms with Crippen LogP contribution in [0.1, 0.15) is 18.9 Å². The Hall–Kier alpha value is -3.08. The highest BCUT2D eigenvalue weighted by atomic mass is 32.2. The molecule has 0 amide bonds. The highest BCUT2D eigenvalue weighted by Crippen LogP contribution is 2.51. The van der Waals surface area contributed by atoms with Crippen molar-refractivity contribution in [1.82, 2.24) is 15.1 Å². The van der Waals surface area contributed by atoms with Gasteiger partial charge in [0, 0.05) is 63.3 Å². The second-order valence-corrected chi connectivity index (χ2v) is 12.1. The van der Waals surface area contributed by atoms with E-state index in [1.807, 2.05) is 36.4 Å². The summed E-state index contributed by atoms with van der Waals surface area (Å²) in [6.45, 7) is 3.16. The van der Waals surface area contributed by atoms with Gasteiger partial charge in [0.25, 0.3) is 5.92 Å². The number of fused-ring (bicyclic) bond motifs is 3. The zero-order valence-corrected chi connectivity index (χ0v) is 22.7. The number of hydrogen-bond donors (Lipinski definition) is 1. The fraction of sp³-hybridized carbons (Fsp3) is 0.276. The zero-order chi connectivity index (χ0) is 27.1. The summed E-state index contributed by atoms with van der Waals surface area (Å²) in [6.07, 6.45) is 2.27. The molecule has 0 atom stereocenters. The van der Waals surface area contributed by atoms with Crippen LogP contribution in [-0.4, -0.2) is 46.7 Å². The van der Waals surface area contributed by atoms with Crippen molar-refractivity contribution in [1.29, 1.82) is 0 Å². The number of aromatic amines is 1. The summed E-state index contributed by atoms with van der Waals surface area (Å²) in [5, 5.41) is 9.16. The largest absolute Gasteiger partial charge is 0.455 e. The molecule has 39 heavy (non-hydrogen) atoms. The third kappa shape index (κ3) is 5.25. The Morgan fingerprint density at radius 2 is 1.90 bits per heavy atom. The number of likely N-dealkylation sites (tertiary alicyclic amines) is 1. The molecule has 3 aromatic carbocycles. The van der Waals surface area contributed by atoms with Crippen LogP contribution in [0.15, 0.2) is 65.7 Å². The number of aromatic nitrogens is 2. The Morgan fingerprint density at radius 1 is 1.10 bits per heavy atom. The predicted molar refractivity (Wildman–Crippen MR) is 150 cm³/mol. The highest BCUT2D eigenvalue weighted by molar-refractivity contribution is 8.00. The quantitative estimate of drug-likeness (QED) is 0.180. The first-order valence-electron chi connectivity index (χ1n) is 12.6. The number of halogens is 4. The maximum Gasteiger partial charge on any atom is 0.271 e. The topological polar surface area (TPSA) is 41.1 Å². The van der Waals surface area contributed by atoms with Gasteiger partial charge in [0.1, 0.15) is 11.6 Å². The number of hydrogen-bond acceptors (Lipinski definition) is 5. The molecule has 0 spiro atoms. The van der Waals surface area contributed by atoms with Crippen molar-refractivity contribution in [2.24, 2.45) is 0 Å². The van der Waals surface area contributed by atoms with Crippen molar-refractivity contribution < 1.29 is 22.3 Å². The van der Waals surface area contributed by atoms with Crippen molar-refractivity contribution in [3.63, 3.8) is 0 Å². The lowest BCUT2D eigenvalue weighted by molar-refractivity contribution is 0.0178. The zero-order valence-electron chi connectivity index (χ0n) is 21.0. The Balaban J connectivity index is 1.34. The molecule has 3 heterocycles. The van der Waals surface area contributed by atoms with Crippen LogP contribution in [0.4, 0.5) is 17.6 Å². The van der Waals surface area contributed by atoms with E-state index in [4.69, 9.17) is 4.74 Å². The average Bonchev–Trinajstić information content (AvgIpc) is 3.50. The Kier molecular flexibility index (Phi) is 7.03. The lowest BCUT2D eigenvalue weighted by Gasteiger charge is -2.38. The smallest absolute Gasteiger partial charge is 0.271 e. The molecule has 4 nitrogen and oxygen atoms in total. The van der Waals surface area contributed by atoms with E-state index >= 15 is 0 Å². The minimum Gasteiger partial charge on any atom is -0.455 e. The van der Waals surface area contributed by atoms with E-state index in [1.165, 1.54) is 23.5 Å². The van der Waals surface area contributed by atoms with Gasteiger partial charge in [0.15, 0.2) is 5.75 Å². The number of nitrogens with zero attached hydrogens (tertiary/aromatic N) is 2. The summed E-state index contributed by atoms with van der Waals surface area (Å²) in [7, 11) is 0. The Bertz CT molecular complexity index is 1620. The average molecular weight is 572 g/mol. The van der Waals surface area contributed by atoms with Crippen LogP contribution in [0.5, 0.6) is 11.5 Å². The number of thioether (sulfide) groups is 1. The molecular formula is C29H25F4N3OS2. The van der Waals surface area contributed by atoms with Crippen LogP contribution in [0, 0.1) is 5.82 Å². The van der Waals surface area contributed by atoms with E-state index in [2.05, 4.69) is 15.1 Å². The summed E-state index contributed by atoms with van der Waals surface area (Å²) in [4.78, 5) is 3.84. The fourth-order valence-corrected chi connectivity index (χ4v) is 7.40. The molecule has 5 aromatic rings. The van der Waals surface area contributed by atoms with E-state index in [-0.39, 0.29) is 12.2 Å². The van der Waals surface area contributed by atoms with Gasteiger partial charge in [-0.15, -0.1) is 23.1 Å². The molecule has 0 aliphatic carbocycles. The molecule has 1 fully saturated rings. The van der Waals surface area contributed by atoms with Crippen LogP contribution in [-0.2, 0) is 5.92 Å². The first-order valence-corrected chi connectivity index (χ1v) is 14.3. The van der Waals surface area contributed by atoms with Gasteiger partial charge in [-0.2, -0.15) is 5.10 Å². The Labute approximate surface area is 231 Å². The second-order valence-electron chi connectivity index (χ2n) is 9.73. The van der Waals surface area contributed by atoms with Gasteiger partial charge < -0.3 is 9.64 Å². The Morgan fingerprint density at radius 3 is 2.64 bits per heavy atom. The molecular weight excluding hydrogens is 546 g/mol. The normalized spacial score (nSPS) is 14.8. The van der Waals surface area contributed by atoms with Crippen molar-refractivity contribution in [2.75, 3.05) is 26.3 Å². The molecule has 1 aliphatic rings. The summed E-state index contributed by atoms with van der Waals surface area (Å²) < 4.78 is 62.9. The molecule has 0 radical (unpaired) electrons. The second kappa shape index (κ2) is 10.5. The van der Waals surface area contributed by atoms with Crippen LogP contribution in [0.2, 0.25) is 0 Å². The molecule has 10 heteroatoms. The maximum atomic E-state index is 14.6. The summed E-state index contributed by atoms with van der Waals surface area (Å²) in [5.74, 6) is -2.96. The van der Waals surface area contributed by atoms with Gasteiger partial charge in [0.2, 0.25) is 0 Å². The first-order chi connectivity index (χ1) is 18.8. The van der Waals surface area contributed by atoms with E-state index in [9.17, 15) is 17.6 Å².